The smallest absolute Gasteiger partial charge is 0.260 e. The predicted octanol–water partition coefficient (Wildman–Crippen LogP) is 2.94. The van der Waals surface area contributed by atoms with Gasteiger partial charge in [-0.2, -0.15) is 0 Å². The number of amides is 2. The molecule has 7 heteroatoms. The molecule has 4 rings (SSSR count). The van der Waals surface area contributed by atoms with Crippen molar-refractivity contribution in [2.75, 3.05) is 43.0 Å². The van der Waals surface area contributed by atoms with Gasteiger partial charge in [-0.1, -0.05) is 18.2 Å². The molecule has 2 aliphatic rings. The molecule has 0 aliphatic carbocycles. The van der Waals surface area contributed by atoms with Crippen molar-refractivity contribution in [1.82, 2.24) is 9.88 Å². The van der Waals surface area contributed by atoms with Crippen LogP contribution in [0, 0.1) is 5.92 Å². The van der Waals surface area contributed by atoms with E-state index < -0.39 is 0 Å². The molecule has 0 saturated carbocycles. The summed E-state index contributed by atoms with van der Waals surface area (Å²) in [5.74, 6) is 1.51. The first-order valence-electron chi connectivity index (χ1n) is 10.7. The van der Waals surface area contributed by atoms with Gasteiger partial charge in [-0.05, 0) is 49.9 Å². The highest BCUT2D eigenvalue weighted by Crippen LogP contribution is 2.22. The fraction of sp³-hybridized carbons (Fsp3) is 0.435. The second-order valence-corrected chi connectivity index (χ2v) is 7.85. The molecular formula is C23H28N4O3. The van der Waals surface area contributed by atoms with E-state index >= 15 is 0 Å². The summed E-state index contributed by atoms with van der Waals surface area (Å²) in [6.45, 7) is 3.26. The Morgan fingerprint density at radius 1 is 1.00 bits per heavy atom. The third kappa shape index (κ3) is 5.09. The van der Waals surface area contributed by atoms with Gasteiger partial charge in [0.2, 0.25) is 5.91 Å². The molecule has 0 spiro atoms. The number of benzene rings is 1. The summed E-state index contributed by atoms with van der Waals surface area (Å²) in [5.41, 5.74) is 0.720. The summed E-state index contributed by atoms with van der Waals surface area (Å²) < 4.78 is 5.54. The number of nitrogens with one attached hydrogen (secondary N) is 1. The Kier molecular flexibility index (Phi) is 6.47. The molecule has 7 nitrogen and oxygen atoms in total. The molecule has 2 aliphatic heterocycles. The minimum atomic E-state index is -0.0950. The van der Waals surface area contributed by atoms with E-state index in [2.05, 4.69) is 15.2 Å². The third-order valence-corrected chi connectivity index (χ3v) is 5.77. The maximum Gasteiger partial charge on any atom is 0.260 e. The van der Waals surface area contributed by atoms with E-state index in [4.69, 9.17) is 4.74 Å². The summed E-state index contributed by atoms with van der Waals surface area (Å²) in [4.78, 5) is 33.5. The van der Waals surface area contributed by atoms with Gasteiger partial charge < -0.3 is 19.9 Å². The Morgan fingerprint density at radius 2 is 1.73 bits per heavy atom. The first kappa shape index (κ1) is 20.2. The number of anilines is 2. The number of piperidine rings is 1. The lowest BCUT2D eigenvalue weighted by Gasteiger charge is -2.31. The highest BCUT2D eigenvalue weighted by atomic mass is 16.5. The van der Waals surface area contributed by atoms with Crippen molar-refractivity contribution in [1.29, 1.82) is 0 Å². The largest absolute Gasteiger partial charge is 0.484 e. The number of rotatable bonds is 6. The quantitative estimate of drug-likeness (QED) is 0.796. The van der Waals surface area contributed by atoms with Crippen LogP contribution in [-0.2, 0) is 9.59 Å². The van der Waals surface area contributed by atoms with Crippen molar-refractivity contribution in [3.8, 4) is 5.75 Å². The molecule has 0 unspecified atom stereocenters. The van der Waals surface area contributed by atoms with Crippen molar-refractivity contribution in [3.63, 3.8) is 0 Å². The molecule has 0 radical (unpaired) electrons. The monoisotopic (exact) mass is 408 g/mol. The SMILES string of the molecule is O=C(Nc1ccc(N2CCCC2)nc1)C1CCN(C(=O)COc2ccccc2)CC1. The van der Waals surface area contributed by atoms with E-state index in [0.717, 1.165) is 24.6 Å². The molecule has 1 N–H and O–H groups in total. The zero-order valence-corrected chi connectivity index (χ0v) is 17.1. The number of likely N-dealkylation sites (tertiary alicyclic amines) is 1. The number of para-hydroxylation sites is 1. The molecule has 2 amide bonds. The molecule has 2 aromatic rings. The maximum absolute atomic E-state index is 12.6. The standard InChI is InChI=1S/C23H28N4O3/c28-22(17-30-20-6-2-1-3-7-20)27-14-10-18(11-15-27)23(29)25-19-8-9-21(24-16-19)26-12-4-5-13-26/h1-3,6-9,16,18H,4-5,10-15,17H2,(H,25,29). The average molecular weight is 409 g/mol. The number of hydrogen-bond acceptors (Lipinski definition) is 5. The Labute approximate surface area is 177 Å². The van der Waals surface area contributed by atoms with E-state index in [0.29, 0.717) is 31.7 Å². The number of pyridine rings is 1. The number of nitrogens with zero attached hydrogens (tertiary/aromatic N) is 3. The Bertz CT molecular complexity index is 843. The predicted molar refractivity (Wildman–Crippen MR) is 116 cm³/mol. The average Bonchev–Trinajstić information content (AvgIpc) is 3.34. The maximum atomic E-state index is 12.6. The van der Waals surface area contributed by atoms with Crippen molar-refractivity contribution < 1.29 is 14.3 Å². The minimum absolute atomic E-state index is 0.00152. The zero-order chi connectivity index (χ0) is 20.8. The molecule has 1 aromatic carbocycles. The summed E-state index contributed by atoms with van der Waals surface area (Å²) in [5, 5.41) is 2.97. The first-order chi connectivity index (χ1) is 14.7. The van der Waals surface area contributed by atoms with Crippen LogP contribution in [0.15, 0.2) is 48.7 Å². The molecule has 2 saturated heterocycles. The number of hydrogen-bond donors (Lipinski definition) is 1. The van der Waals surface area contributed by atoms with E-state index in [9.17, 15) is 9.59 Å². The molecule has 3 heterocycles. The van der Waals surface area contributed by atoms with Crippen LogP contribution in [0.3, 0.4) is 0 Å². The molecule has 2 fully saturated rings. The lowest BCUT2D eigenvalue weighted by Crippen LogP contribution is -2.43. The number of aromatic nitrogens is 1. The third-order valence-electron chi connectivity index (χ3n) is 5.77. The van der Waals surface area contributed by atoms with Crippen LogP contribution in [0.2, 0.25) is 0 Å². The van der Waals surface area contributed by atoms with Gasteiger partial charge in [0.1, 0.15) is 11.6 Å². The van der Waals surface area contributed by atoms with Crippen LogP contribution < -0.4 is 15.0 Å². The topological polar surface area (TPSA) is 74.8 Å². The van der Waals surface area contributed by atoms with Gasteiger partial charge in [-0.25, -0.2) is 4.98 Å². The number of carbonyl (C=O) groups excluding carboxylic acids is 2. The summed E-state index contributed by atoms with van der Waals surface area (Å²) >= 11 is 0. The van der Waals surface area contributed by atoms with Crippen LogP contribution >= 0.6 is 0 Å². The van der Waals surface area contributed by atoms with E-state index in [1.807, 2.05) is 42.5 Å². The Balaban J connectivity index is 1.21. The van der Waals surface area contributed by atoms with Crippen molar-refractivity contribution in [2.24, 2.45) is 5.92 Å². The van der Waals surface area contributed by atoms with Gasteiger partial charge in [0, 0.05) is 32.1 Å². The second kappa shape index (κ2) is 9.61. The summed E-state index contributed by atoms with van der Waals surface area (Å²) in [6.07, 6.45) is 5.45. The second-order valence-electron chi connectivity index (χ2n) is 7.85. The summed E-state index contributed by atoms with van der Waals surface area (Å²) in [6, 6.07) is 13.2. The van der Waals surface area contributed by atoms with Crippen LogP contribution in [0.5, 0.6) is 5.75 Å². The Hall–Kier alpha value is -3.09. The van der Waals surface area contributed by atoms with Gasteiger partial charge in [0.25, 0.3) is 5.91 Å². The van der Waals surface area contributed by atoms with Gasteiger partial charge in [0.15, 0.2) is 6.61 Å². The number of carbonyl (C=O) groups is 2. The van der Waals surface area contributed by atoms with Crippen molar-refractivity contribution in [3.05, 3.63) is 48.7 Å². The first-order valence-corrected chi connectivity index (χ1v) is 10.7. The lowest BCUT2D eigenvalue weighted by molar-refractivity contribution is -0.136. The van der Waals surface area contributed by atoms with Gasteiger partial charge in [-0.3, -0.25) is 9.59 Å². The van der Waals surface area contributed by atoms with Gasteiger partial charge in [-0.15, -0.1) is 0 Å². The van der Waals surface area contributed by atoms with E-state index in [1.165, 1.54) is 12.8 Å². The number of ether oxygens (including phenoxy) is 1. The fourth-order valence-electron chi connectivity index (χ4n) is 3.98. The minimum Gasteiger partial charge on any atom is -0.484 e. The van der Waals surface area contributed by atoms with Crippen molar-refractivity contribution in [2.45, 2.75) is 25.7 Å². The van der Waals surface area contributed by atoms with Crippen molar-refractivity contribution >= 4 is 23.3 Å². The lowest BCUT2D eigenvalue weighted by atomic mass is 9.96. The highest BCUT2D eigenvalue weighted by molar-refractivity contribution is 5.92. The molecule has 0 atom stereocenters. The molecular weight excluding hydrogens is 380 g/mol. The molecule has 0 bridgehead atoms. The Morgan fingerprint density at radius 3 is 2.40 bits per heavy atom. The molecule has 1 aromatic heterocycles. The normalized spacial score (nSPS) is 17.1. The van der Waals surface area contributed by atoms with Crippen LogP contribution in [0.1, 0.15) is 25.7 Å². The summed E-state index contributed by atoms with van der Waals surface area (Å²) in [7, 11) is 0. The van der Waals surface area contributed by atoms with Crippen LogP contribution in [0.4, 0.5) is 11.5 Å². The van der Waals surface area contributed by atoms with Gasteiger partial charge in [0.05, 0.1) is 11.9 Å². The van der Waals surface area contributed by atoms with Crippen LogP contribution in [0.25, 0.3) is 0 Å². The van der Waals surface area contributed by atoms with Gasteiger partial charge >= 0.3 is 0 Å². The van der Waals surface area contributed by atoms with Crippen LogP contribution in [-0.4, -0.2) is 54.5 Å². The van der Waals surface area contributed by atoms with E-state index in [-0.39, 0.29) is 24.3 Å². The molecule has 158 valence electrons. The zero-order valence-electron chi connectivity index (χ0n) is 17.1. The fourth-order valence-corrected chi connectivity index (χ4v) is 3.98. The highest BCUT2D eigenvalue weighted by Gasteiger charge is 2.27. The van der Waals surface area contributed by atoms with E-state index in [1.54, 1.807) is 11.1 Å². The molecule has 30 heavy (non-hydrogen) atoms.